The Kier molecular flexibility index (Phi) is 7.70. The molecule has 30 heavy (non-hydrogen) atoms. The van der Waals surface area contributed by atoms with Crippen molar-refractivity contribution in [3.8, 4) is 11.5 Å². The zero-order valence-electron chi connectivity index (χ0n) is 17.3. The second kappa shape index (κ2) is 10.4. The van der Waals surface area contributed by atoms with Gasteiger partial charge in [0.2, 0.25) is 15.9 Å². The van der Waals surface area contributed by atoms with E-state index in [1.165, 1.54) is 12.8 Å². The highest BCUT2D eigenvalue weighted by atomic mass is 32.2. The van der Waals surface area contributed by atoms with Crippen LogP contribution in [0, 0.1) is 0 Å². The molecule has 2 aromatic rings. The first kappa shape index (κ1) is 22.1. The lowest BCUT2D eigenvalue weighted by Crippen LogP contribution is -2.41. The summed E-state index contributed by atoms with van der Waals surface area (Å²) >= 11 is 0. The van der Waals surface area contributed by atoms with Gasteiger partial charge in [-0.3, -0.25) is 9.10 Å². The molecule has 1 fully saturated rings. The van der Waals surface area contributed by atoms with Crippen LogP contribution in [0.25, 0.3) is 0 Å². The van der Waals surface area contributed by atoms with Crippen LogP contribution < -0.4 is 14.4 Å². The number of para-hydroxylation sites is 3. The van der Waals surface area contributed by atoms with Crippen molar-refractivity contribution < 1.29 is 17.9 Å². The molecule has 0 radical (unpaired) electrons. The Morgan fingerprint density at radius 2 is 1.73 bits per heavy atom. The molecule has 0 bridgehead atoms. The minimum absolute atomic E-state index is 0.294. The van der Waals surface area contributed by atoms with Crippen molar-refractivity contribution in [2.24, 2.45) is 0 Å². The minimum atomic E-state index is -3.69. The van der Waals surface area contributed by atoms with E-state index in [9.17, 15) is 13.2 Å². The zero-order valence-corrected chi connectivity index (χ0v) is 18.1. The first-order chi connectivity index (χ1) is 14.4. The van der Waals surface area contributed by atoms with Crippen LogP contribution in [0.15, 0.2) is 54.6 Å². The summed E-state index contributed by atoms with van der Waals surface area (Å²) in [4.78, 5) is 14.8. The molecule has 0 atom stereocenters. The average molecular weight is 432 g/mol. The van der Waals surface area contributed by atoms with Crippen LogP contribution >= 0.6 is 0 Å². The average Bonchev–Trinajstić information content (AvgIpc) is 3.24. The summed E-state index contributed by atoms with van der Waals surface area (Å²) in [5.74, 6) is 0.622. The van der Waals surface area contributed by atoms with Crippen LogP contribution in [0.2, 0.25) is 0 Å². The van der Waals surface area contributed by atoms with Crippen molar-refractivity contribution in [2.45, 2.75) is 19.3 Å². The Labute approximate surface area is 178 Å². The van der Waals surface area contributed by atoms with Crippen LogP contribution in [0.4, 0.5) is 5.69 Å². The molecule has 7 nitrogen and oxygen atoms in total. The van der Waals surface area contributed by atoms with E-state index >= 15 is 0 Å². The molecule has 0 unspecified atom stereocenters. The fraction of sp³-hybridized carbons (Fsp3) is 0.409. The maximum atomic E-state index is 12.5. The number of ether oxygens (including phenoxy) is 1. The number of nitrogens with zero attached hydrogens (tertiary/aromatic N) is 2. The summed E-state index contributed by atoms with van der Waals surface area (Å²) in [6.07, 6.45) is 4.41. The van der Waals surface area contributed by atoms with Gasteiger partial charge in [-0.1, -0.05) is 30.3 Å². The number of nitrogens with one attached hydrogen (secondary N) is 1. The van der Waals surface area contributed by atoms with E-state index in [0.717, 1.165) is 36.6 Å². The molecule has 1 heterocycles. The van der Waals surface area contributed by atoms with Gasteiger partial charge >= 0.3 is 0 Å². The van der Waals surface area contributed by atoms with Gasteiger partial charge in [0.15, 0.2) is 5.75 Å². The molecule has 3 rings (SSSR count). The Morgan fingerprint density at radius 1 is 1.07 bits per heavy atom. The number of hydrogen-bond acceptors (Lipinski definition) is 5. The van der Waals surface area contributed by atoms with Crippen LogP contribution in [-0.4, -0.2) is 58.2 Å². The van der Waals surface area contributed by atoms with Crippen LogP contribution in [0.1, 0.15) is 19.3 Å². The molecule has 0 aliphatic carbocycles. The van der Waals surface area contributed by atoms with Crippen molar-refractivity contribution in [3.63, 3.8) is 0 Å². The minimum Gasteiger partial charge on any atom is -0.455 e. The monoisotopic (exact) mass is 431 g/mol. The summed E-state index contributed by atoms with van der Waals surface area (Å²) in [5, 5.41) is 2.84. The summed E-state index contributed by atoms with van der Waals surface area (Å²) < 4.78 is 31.9. The predicted octanol–water partition coefficient (Wildman–Crippen LogP) is 2.85. The summed E-state index contributed by atoms with van der Waals surface area (Å²) in [6, 6.07) is 15.9. The van der Waals surface area contributed by atoms with Crippen molar-refractivity contribution in [1.29, 1.82) is 0 Å². The van der Waals surface area contributed by atoms with Crippen molar-refractivity contribution >= 4 is 21.6 Å². The molecule has 1 amide bonds. The first-order valence-corrected chi connectivity index (χ1v) is 12.1. The van der Waals surface area contributed by atoms with E-state index in [-0.39, 0.29) is 12.5 Å². The Balaban J connectivity index is 1.65. The van der Waals surface area contributed by atoms with E-state index in [4.69, 9.17) is 4.74 Å². The Bertz CT molecular complexity index is 928. The van der Waals surface area contributed by atoms with E-state index in [2.05, 4.69) is 10.2 Å². The zero-order chi connectivity index (χ0) is 21.4. The first-order valence-electron chi connectivity index (χ1n) is 10.2. The quantitative estimate of drug-likeness (QED) is 0.585. The van der Waals surface area contributed by atoms with Gasteiger partial charge in [0.25, 0.3) is 0 Å². The lowest BCUT2D eigenvalue weighted by molar-refractivity contribution is -0.119. The van der Waals surface area contributed by atoms with Crippen molar-refractivity contribution in [1.82, 2.24) is 10.2 Å². The van der Waals surface area contributed by atoms with Gasteiger partial charge < -0.3 is 15.0 Å². The van der Waals surface area contributed by atoms with Gasteiger partial charge in [-0.25, -0.2) is 8.42 Å². The van der Waals surface area contributed by atoms with Gasteiger partial charge in [0.1, 0.15) is 12.3 Å². The van der Waals surface area contributed by atoms with E-state index in [1.807, 2.05) is 18.2 Å². The van der Waals surface area contributed by atoms with Crippen LogP contribution in [-0.2, 0) is 14.8 Å². The molecule has 1 aliphatic heterocycles. The number of hydrogen-bond donors (Lipinski definition) is 1. The molecule has 162 valence electrons. The van der Waals surface area contributed by atoms with E-state index in [1.54, 1.807) is 36.4 Å². The number of benzene rings is 2. The predicted molar refractivity (Wildman–Crippen MR) is 118 cm³/mol. The Hall–Kier alpha value is -2.58. The van der Waals surface area contributed by atoms with Crippen molar-refractivity contribution in [3.05, 3.63) is 54.6 Å². The highest BCUT2D eigenvalue weighted by Gasteiger charge is 2.24. The second-order valence-corrected chi connectivity index (χ2v) is 9.31. The number of rotatable bonds is 10. The maximum absolute atomic E-state index is 12.5. The number of carbonyl (C=O) groups excluding carboxylic acids is 1. The molecular formula is C22H29N3O4S. The lowest BCUT2D eigenvalue weighted by Gasteiger charge is -2.24. The third-order valence-electron chi connectivity index (χ3n) is 4.96. The number of likely N-dealkylation sites (tertiary alicyclic amines) is 1. The molecule has 8 heteroatoms. The molecule has 2 aromatic carbocycles. The molecular weight excluding hydrogens is 402 g/mol. The van der Waals surface area contributed by atoms with E-state index < -0.39 is 10.0 Å². The third kappa shape index (κ3) is 6.47. The van der Waals surface area contributed by atoms with Crippen molar-refractivity contribution in [2.75, 3.05) is 43.3 Å². The topological polar surface area (TPSA) is 79.0 Å². The van der Waals surface area contributed by atoms with Crippen LogP contribution in [0.5, 0.6) is 11.5 Å². The number of amides is 1. The van der Waals surface area contributed by atoms with Gasteiger partial charge in [-0.15, -0.1) is 0 Å². The smallest absolute Gasteiger partial charge is 0.240 e. The summed E-state index contributed by atoms with van der Waals surface area (Å²) in [6.45, 7) is 3.42. The second-order valence-electron chi connectivity index (χ2n) is 7.40. The van der Waals surface area contributed by atoms with Crippen LogP contribution in [0.3, 0.4) is 0 Å². The molecule has 1 N–H and O–H groups in total. The molecule has 1 aliphatic rings. The number of sulfonamides is 1. The Morgan fingerprint density at radius 3 is 2.43 bits per heavy atom. The van der Waals surface area contributed by atoms with Gasteiger partial charge in [-0.2, -0.15) is 0 Å². The van der Waals surface area contributed by atoms with Gasteiger partial charge in [0, 0.05) is 6.54 Å². The lowest BCUT2D eigenvalue weighted by atomic mass is 10.2. The normalized spacial score (nSPS) is 14.4. The number of carbonyl (C=O) groups is 1. The van der Waals surface area contributed by atoms with Gasteiger partial charge in [0.05, 0.1) is 11.9 Å². The number of anilines is 1. The molecule has 0 saturated carbocycles. The maximum Gasteiger partial charge on any atom is 0.240 e. The molecule has 0 aromatic heterocycles. The standard InChI is InChI=1S/C22H29N3O4S/c1-30(27,28)25(18-22(26)23-14-9-17-24-15-7-8-16-24)20-12-5-6-13-21(20)29-19-10-3-2-4-11-19/h2-6,10-13H,7-9,14-18H2,1H3,(H,23,26). The highest BCUT2D eigenvalue weighted by molar-refractivity contribution is 7.92. The molecule has 0 spiro atoms. The van der Waals surface area contributed by atoms with E-state index in [0.29, 0.717) is 23.7 Å². The summed E-state index contributed by atoms with van der Waals surface area (Å²) in [5.41, 5.74) is 0.330. The SMILES string of the molecule is CS(=O)(=O)N(CC(=O)NCCCN1CCCC1)c1ccccc1Oc1ccccc1. The summed E-state index contributed by atoms with van der Waals surface area (Å²) in [7, 11) is -3.69. The highest BCUT2D eigenvalue weighted by Crippen LogP contribution is 2.33. The fourth-order valence-electron chi connectivity index (χ4n) is 3.47. The largest absolute Gasteiger partial charge is 0.455 e. The third-order valence-corrected chi connectivity index (χ3v) is 6.09. The fourth-order valence-corrected chi connectivity index (χ4v) is 4.33. The van der Waals surface area contributed by atoms with Gasteiger partial charge in [-0.05, 0) is 63.2 Å². The molecule has 1 saturated heterocycles.